The second-order valence-corrected chi connectivity index (χ2v) is 10.4. The van der Waals surface area contributed by atoms with Crippen molar-refractivity contribution in [3.8, 4) is 5.75 Å². The molecule has 2 heterocycles. The number of aliphatic hydroxyl groups is 1. The van der Waals surface area contributed by atoms with Crippen molar-refractivity contribution in [1.82, 2.24) is 14.6 Å². The van der Waals surface area contributed by atoms with Gasteiger partial charge in [0.15, 0.2) is 11.9 Å². The van der Waals surface area contributed by atoms with Gasteiger partial charge in [0.2, 0.25) is 0 Å². The predicted molar refractivity (Wildman–Crippen MR) is 125 cm³/mol. The van der Waals surface area contributed by atoms with Crippen LogP contribution in [0.15, 0.2) is 52.2 Å². The lowest BCUT2D eigenvalue weighted by Gasteiger charge is -2.25. The zero-order chi connectivity index (χ0) is 26.7. The van der Waals surface area contributed by atoms with Crippen LogP contribution in [0, 0.1) is 0 Å². The number of ether oxygens (including phenoxy) is 2. The lowest BCUT2D eigenvalue weighted by molar-refractivity contribution is -0.149. The molecular formula is C22H29FN3O9P. The Morgan fingerprint density at radius 3 is 2.56 bits per heavy atom. The monoisotopic (exact) mass is 529 g/mol. The van der Waals surface area contributed by atoms with E-state index in [0.717, 1.165) is 23.8 Å². The largest absolute Gasteiger partial charge is 0.462 e. The maximum atomic E-state index is 15.4. The van der Waals surface area contributed by atoms with Crippen LogP contribution in [0.4, 0.5) is 4.39 Å². The molecule has 0 amide bonds. The number of carbonyl (C=O) groups is 1. The summed E-state index contributed by atoms with van der Waals surface area (Å²) in [5.41, 5.74) is -4.12. The third-order valence-corrected chi connectivity index (χ3v) is 6.90. The Hall–Kier alpha value is -2.83. The number of carbonyl (C=O) groups excluding carboxylic acids is 1. The Balaban J connectivity index is 1.80. The molecule has 1 aliphatic heterocycles. The lowest BCUT2D eigenvalue weighted by Crippen LogP contribution is -2.43. The van der Waals surface area contributed by atoms with Gasteiger partial charge in [-0.1, -0.05) is 18.2 Å². The Labute approximate surface area is 205 Å². The summed E-state index contributed by atoms with van der Waals surface area (Å²) in [6, 6.07) is 7.86. The summed E-state index contributed by atoms with van der Waals surface area (Å²) >= 11 is 0. The number of esters is 1. The number of hydrogen-bond acceptors (Lipinski definition) is 9. The third-order valence-electron chi connectivity index (χ3n) is 5.26. The summed E-state index contributed by atoms with van der Waals surface area (Å²) in [6.07, 6.45) is -4.21. The third kappa shape index (κ3) is 6.48. The first kappa shape index (κ1) is 27.8. The van der Waals surface area contributed by atoms with Crippen molar-refractivity contribution in [2.75, 3.05) is 6.61 Å². The number of aliphatic hydroxyl groups excluding tert-OH is 1. The molecule has 198 valence electrons. The van der Waals surface area contributed by atoms with Crippen molar-refractivity contribution >= 4 is 13.7 Å². The van der Waals surface area contributed by atoms with Crippen molar-refractivity contribution in [2.45, 2.75) is 63.9 Å². The molecule has 1 unspecified atom stereocenters. The second kappa shape index (κ2) is 11.1. The zero-order valence-corrected chi connectivity index (χ0v) is 21.0. The number of nitrogens with one attached hydrogen (secondary N) is 2. The number of aromatic amines is 1. The minimum Gasteiger partial charge on any atom is -0.462 e. The Morgan fingerprint density at radius 1 is 1.28 bits per heavy atom. The molecular weight excluding hydrogens is 500 g/mol. The summed E-state index contributed by atoms with van der Waals surface area (Å²) in [5, 5.41) is 13.0. The molecule has 0 bridgehead atoms. The van der Waals surface area contributed by atoms with Gasteiger partial charge in [-0.3, -0.25) is 23.7 Å². The lowest BCUT2D eigenvalue weighted by atomic mass is 9.98. The number of aromatic nitrogens is 2. The van der Waals surface area contributed by atoms with Crippen LogP contribution < -0.4 is 20.9 Å². The first-order valence-electron chi connectivity index (χ1n) is 11.1. The Kier molecular flexibility index (Phi) is 8.52. The van der Waals surface area contributed by atoms with E-state index in [-0.39, 0.29) is 5.75 Å². The highest BCUT2D eigenvalue weighted by atomic mass is 31.2. The van der Waals surface area contributed by atoms with E-state index in [0.29, 0.717) is 0 Å². The maximum absolute atomic E-state index is 15.4. The molecule has 6 atom stereocenters. The average molecular weight is 529 g/mol. The number of H-pyrrole nitrogens is 1. The summed E-state index contributed by atoms with van der Waals surface area (Å²) in [5.74, 6) is -0.560. The smallest absolute Gasteiger partial charge is 0.459 e. The van der Waals surface area contributed by atoms with Crippen LogP contribution in [-0.4, -0.2) is 57.3 Å². The van der Waals surface area contributed by atoms with Gasteiger partial charge in [0.1, 0.15) is 24.0 Å². The van der Waals surface area contributed by atoms with Crippen molar-refractivity contribution in [1.29, 1.82) is 0 Å². The first-order valence-corrected chi connectivity index (χ1v) is 12.7. The Morgan fingerprint density at radius 2 is 1.94 bits per heavy atom. The number of rotatable bonds is 10. The fourth-order valence-electron chi connectivity index (χ4n) is 3.47. The van der Waals surface area contributed by atoms with E-state index in [1.165, 1.54) is 19.1 Å². The number of para-hydroxylation sites is 1. The quantitative estimate of drug-likeness (QED) is 0.305. The summed E-state index contributed by atoms with van der Waals surface area (Å²) in [7, 11) is -4.30. The molecule has 36 heavy (non-hydrogen) atoms. The molecule has 1 aromatic carbocycles. The van der Waals surface area contributed by atoms with E-state index in [1.807, 2.05) is 4.98 Å². The number of hydrogen-bond donors (Lipinski definition) is 3. The predicted octanol–water partition coefficient (Wildman–Crippen LogP) is 1.66. The standard InChI is InChI=1S/C22H29FN3O9P/c1-13(2)33-19(29)14(3)25-36(31,35-15-8-6-5-7-9-15)32-12-16-18(28)22(4,23)20(34-16)26-11-10-17(27)24-21(26)30/h5-11,13-14,16,18,20,28H,12H2,1-4H3,(H,25,31)(H,24,27,30)/t14-,16+,18+,20?,22+,36-/m0/s1. The van der Waals surface area contributed by atoms with Crippen molar-refractivity contribution < 1.29 is 37.4 Å². The van der Waals surface area contributed by atoms with Crippen LogP contribution in [0.5, 0.6) is 5.75 Å². The molecule has 0 aliphatic carbocycles. The topological polar surface area (TPSA) is 158 Å². The van der Waals surface area contributed by atoms with E-state index in [2.05, 4.69) is 5.09 Å². The molecule has 1 saturated heterocycles. The van der Waals surface area contributed by atoms with Crippen molar-refractivity contribution in [3.63, 3.8) is 0 Å². The number of alkyl halides is 1. The molecule has 0 spiro atoms. The van der Waals surface area contributed by atoms with E-state index in [9.17, 15) is 24.1 Å². The van der Waals surface area contributed by atoms with Crippen LogP contribution in [0.2, 0.25) is 0 Å². The van der Waals surface area contributed by atoms with Gasteiger partial charge in [-0.15, -0.1) is 0 Å². The first-order chi connectivity index (χ1) is 16.8. The van der Waals surface area contributed by atoms with E-state index >= 15 is 4.39 Å². The van der Waals surface area contributed by atoms with Crippen LogP contribution in [0.3, 0.4) is 0 Å². The van der Waals surface area contributed by atoms with E-state index < -0.39 is 67.8 Å². The van der Waals surface area contributed by atoms with Gasteiger partial charge in [0.25, 0.3) is 5.56 Å². The minimum absolute atomic E-state index is 0.152. The van der Waals surface area contributed by atoms with Gasteiger partial charge >= 0.3 is 19.4 Å². The van der Waals surface area contributed by atoms with Gasteiger partial charge in [0.05, 0.1) is 12.7 Å². The van der Waals surface area contributed by atoms with E-state index in [4.69, 9.17) is 18.5 Å². The van der Waals surface area contributed by atoms with Crippen LogP contribution in [0.1, 0.15) is 33.9 Å². The molecule has 2 aromatic rings. The molecule has 1 fully saturated rings. The highest BCUT2D eigenvalue weighted by molar-refractivity contribution is 7.52. The van der Waals surface area contributed by atoms with Crippen molar-refractivity contribution in [2.24, 2.45) is 0 Å². The van der Waals surface area contributed by atoms with Gasteiger partial charge in [-0.05, 0) is 39.8 Å². The number of nitrogens with zero attached hydrogens (tertiary/aromatic N) is 1. The number of benzene rings is 1. The van der Waals surface area contributed by atoms with Crippen LogP contribution >= 0.6 is 7.75 Å². The molecule has 0 saturated carbocycles. The maximum Gasteiger partial charge on any atom is 0.459 e. The van der Waals surface area contributed by atoms with Gasteiger partial charge < -0.3 is 19.1 Å². The summed E-state index contributed by atoms with van der Waals surface area (Å²) in [4.78, 5) is 37.7. The highest BCUT2D eigenvalue weighted by Gasteiger charge is 2.55. The SMILES string of the molecule is CC(C)OC(=O)[C@H](C)N[P@](=O)(OC[C@H]1OC(n2ccc(=O)[nH]c2=O)[C@](C)(F)[C@@H]1O)Oc1ccccc1. The van der Waals surface area contributed by atoms with Crippen LogP contribution in [0.25, 0.3) is 0 Å². The van der Waals surface area contributed by atoms with Crippen molar-refractivity contribution in [3.05, 3.63) is 63.4 Å². The molecule has 0 radical (unpaired) electrons. The Bertz CT molecular complexity index is 1220. The average Bonchev–Trinajstić information content (AvgIpc) is 3.01. The molecule has 3 rings (SSSR count). The molecule has 3 N–H and O–H groups in total. The molecule has 12 nitrogen and oxygen atoms in total. The molecule has 1 aliphatic rings. The summed E-state index contributed by atoms with van der Waals surface area (Å²) < 4.78 is 51.4. The molecule has 1 aromatic heterocycles. The highest BCUT2D eigenvalue weighted by Crippen LogP contribution is 2.47. The zero-order valence-electron chi connectivity index (χ0n) is 20.1. The summed E-state index contributed by atoms with van der Waals surface area (Å²) in [6.45, 7) is 5.07. The minimum atomic E-state index is -4.30. The fraction of sp³-hybridized carbons (Fsp3) is 0.500. The normalized spacial score (nSPS) is 26.4. The number of halogens is 1. The van der Waals surface area contributed by atoms with Gasteiger partial charge in [-0.25, -0.2) is 13.8 Å². The van der Waals surface area contributed by atoms with Crippen LogP contribution in [-0.2, 0) is 23.4 Å². The van der Waals surface area contributed by atoms with Gasteiger partial charge in [-0.2, -0.15) is 5.09 Å². The van der Waals surface area contributed by atoms with E-state index in [1.54, 1.807) is 32.0 Å². The second-order valence-electron chi connectivity index (χ2n) is 8.67. The fourth-order valence-corrected chi connectivity index (χ4v) is 4.97. The van der Waals surface area contributed by atoms with Gasteiger partial charge in [0, 0.05) is 12.3 Å². The molecule has 14 heteroatoms.